The van der Waals surface area contributed by atoms with E-state index in [1.165, 1.54) is 5.56 Å². The number of fused-ring (bicyclic) bond motifs is 1. The molecule has 1 aliphatic rings. The SMILES string of the molecule is C/C(=N/O)c1ccc2c(c1)CCCN2C(O)CC(C)C. The topological polar surface area (TPSA) is 56.1 Å². The minimum absolute atomic E-state index is 0.424. The van der Waals surface area contributed by atoms with Gasteiger partial charge in [0, 0.05) is 12.2 Å². The second kappa shape index (κ2) is 6.27. The quantitative estimate of drug-likeness (QED) is 0.505. The average Bonchev–Trinajstić information content (AvgIpc) is 2.44. The predicted molar refractivity (Wildman–Crippen MR) is 81.6 cm³/mol. The Morgan fingerprint density at radius 1 is 1.40 bits per heavy atom. The van der Waals surface area contributed by atoms with Gasteiger partial charge in [-0.25, -0.2) is 0 Å². The maximum absolute atomic E-state index is 10.4. The number of hydrogen-bond acceptors (Lipinski definition) is 4. The third kappa shape index (κ3) is 3.12. The van der Waals surface area contributed by atoms with Crippen LogP contribution in [0.4, 0.5) is 5.69 Å². The van der Waals surface area contributed by atoms with Crippen molar-refractivity contribution in [1.82, 2.24) is 0 Å². The summed E-state index contributed by atoms with van der Waals surface area (Å²) in [7, 11) is 0. The number of aliphatic hydroxyl groups excluding tert-OH is 1. The number of benzene rings is 1. The van der Waals surface area contributed by atoms with Crippen LogP contribution >= 0.6 is 0 Å². The highest BCUT2D eigenvalue weighted by Crippen LogP contribution is 2.30. The Morgan fingerprint density at radius 3 is 2.80 bits per heavy atom. The molecule has 0 aromatic heterocycles. The fourth-order valence-electron chi connectivity index (χ4n) is 2.77. The summed E-state index contributed by atoms with van der Waals surface area (Å²) in [6.45, 7) is 6.93. The van der Waals surface area contributed by atoms with Gasteiger partial charge in [0.25, 0.3) is 0 Å². The zero-order valence-electron chi connectivity index (χ0n) is 12.5. The lowest BCUT2D eigenvalue weighted by molar-refractivity contribution is 0.141. The fraction of sp³-hybridized carbons (Fsp3) is 0.562. The Balaban J connectivity index is 2.28. The average molecular weight is 276 g/mol. The first-order valence-electron chi connectivity index (χ1n) is 7.29. The zero-order valence-corrected chi connectivity index (χ0v) is 12.5. The molecular weight excluding hydrogens is 252 g/mol. The predicted octanol–water partition coefficient (Wildman–Crippen LogP) is 3.00. The van der Waals surface area contributed by atoms with E-state index in [2.05, 4.69) is 30.0 Å². The molecule has 0 saturated carbocycles. The number of nitrogens with zero attached hydrogens (tertiary/aromatic N) is 2. The van der Waals surface area contributed by atoms with E-state index in [0.29, 0.717) is 11.6 Å². The zero-order chi connectivity index (χ0) is 14.7. The van der Waals surface area contributed by atoms with Gasteiger partial charge in [0.1, 0.15) is 6.23 Å². The molecular formula is C16H24N2O2. The molecule has 1 atom stereocenters. The van der Waals surface area contributed by atoms with E-state index in [9.17, 15) is 5.11 Å². The molecule has 1 heterocycles. The first kappa shape index (κ1) is 14.9. The monoisotopic (exact) mass is 276 g/mol. The van der Waals surface area contributed by atoms with Crippen molar-refractivity contribution in [2.24, 2.45) is 11.1 Å². The summed E-state index contributed by atoms with van der Waals surface area (Å²) in [5, 5.41) is 22.5. The largest absolute Gasteiger partial charge is 0.411 e. The van der Waals surface area contributed by atoms with Crippen LogP contribution in [-0.2, 0) is 6.42 Å². The number of aliphatic hydroxyl groups is 1. The van der Waals surface area contributed by atoms with Crippen molar-refractivity contribution in [3.8, 4) is 0 Å². The molecule has 0 amide bonds. The van der Waals surface area contributed by atoms with Gasteiger partial charge in [-0.05, 0) is 55.4 Å². The van der Waals surface area contributed by atoms with Crippen LogP contribution < -0.4 is 4.90 Å². The lowest BCUT2D eigenvalue weighted by atomic mass is 9.96. The molecule has 4 heteroatoms. The van der Waals surface area contributed by atoms with Gasteiger partial charge in [0.05, 0.1) is 5.71 Å². The smallest absolute Gasteiger partial charge is 0.127 e. The summed E-state index contributed by atoms with van der Waals surface area (Å²) >= 11 is 0. The van der Waals surface area contributed by atoms with Gasteiger partial charge in [-0.15, -0.1) is 0 Å². The van der Waals surface area contributed by atoms with Crippen LogP contribution in [0.3, 0.4) is 0 Å². The molecule has 2 rings (SSSR count). The first-order valence-corrected chi connectivity index (χ1v) is 7.29. The van der Waals surface area contributed by atoms with E-state index in [-0.39, 0.29) is 0 Å². The van der Waals surface area contributed by atoms with Crippen molar-refractivity contribution in [2.45, 2.75) is 46.3 Å². The number of anilines is 1. The van der Waals surface area contributed by atoms with Crippen molar-refractivity contribution in [3.63, 3.8) is 0 Å². The molecule has 0 radical (unpaired) electrons. The van der Waals surface area contributed by atoms with E-state index in [1.807, 2.05) is 12.1 Å². The highest BCUT2D eigenvalue weighted by atomic mass is 16.4. The van der Waals surface area contributed by atoms with Crippen LogP contribution in [0.1, 0.15) is 44.7 Å². The van der Waals surface area contributed by atoms with Crippen LogP contribution in [0.25, 0.3) is 0 Å². The summed E-state index contributed by atoms with van der Waals surface area (Å²) in [5.41, 5.74) is 3.89. The Hall–Kier alpha value is -1.55. The Morgan fingerprint density at radius 2 is 2.15 bits per heavy atom. The van der Waals surface area contributed by atoms with Gasteiger partial charge in [-0.1, -0.05) is 25.1 Å². The molecule has 1 aliphatic heterocycles. The standard InChI is InChI=1S/C16H24N2O2/c1-11(2)9-16(19)18-8-4-5-14-10-13(12(3)17-20)6-7-15(14)18/h6-7,10-11,16,19-20H,4-5,8-9H2,1-3H3/b17-12-. The van der Waals surface area contributed by atoms with Gasteiger partial charge < -0.3 is 15.2 Å². The summed E-state index contributed by atoms with van der Waals surface area (Å²) in [5.74, 6) is 0.471. The van der Waals surface area contributed by atoms with Crippen LogP contribution in [0, 0.1) is 5.92 Å². The molecule has 0 aliphatic carbocycles. The lowest BCUT2D eigenvalue weighted by Gasteiger charge is -2.36. The number of hydrogen-bond donors (Lipinski definition) is 2. The molecule has 0 saturated heterocycles. The second-order valence-electron chi connectivity index (χ2n) is 5.94. The molecule has 0 bridgehead atoms. The minimum atomic E-state index is -0.424. The summed E-state index contributed by atoms with van der Waals surface area (Å²) in [4.78, 5) is 2.09. The van der Waals surface area contributed by atoms with Gasteiger partial charge in [0.2, 0.25) is 0 Å². The third-order valence-corrected chi connectivity index (χ3v) is 3.84. The molecule has 1 aromatic carbocycles. The molecule has 2 N–H and O–H groups in total. The molecule has 1 unspecified atom stereocenters. The van der Waals surface area contributed by atoms with E-state index in [4.69, 9.17) is 5.21 Å². The Labute approximate surface area is 120 Å². The summed E-state index contributed by atoms with van der Waals surface area (Å²) in [6, 6.07) is 6.05. The second-order valence-corrected chi connectivity index (χ2v) is 5.94. The normalized spacial score (nSPS) is 17.2. The Bertz CT molecular complexity index is 497. The highest BCUT2D eigenvalue weighted by Gasteiger charge is 2.23. The maximum Gasteiger partial charge on any atom is 0.127 e. The lowest BCUT2D eigenvalue weighted by Crippen LogP contribution is -2.39. The molecule has 1 aromatic rings. The number of aryl methyl sites for hydroxylation is 1. The van der Waals surface area contributed by atoms with Crippen LogP contribution in [0.15, 0.2) is 23.4 Å². The van der Waals surface area contributed by atoms with Crippen molar-refractivity contribution in [2.75, 3.05) is 11.4 Å². The highest BCUT2D eigenvalue weighted by molar-refractivity contribution is 5.98. The van der Waals surface area contributed by atoms with Gasteiger partial charge in [-0.3, -0.25) is 0 Å². The summed E-state index contributed by atoms with van der Waals surface area (Å²) < 4.78 is 0. The van der Waals surface area contributed by atoms with E-state index < -0.39 is 6.23 Å². The van der Waals surface area contributed by atoms with Crippen LogP contribution in [0.2, 0.25) is 0 Å². The van der Waals surface area contributed by atoms with Crippen LogP contribution in [-0.4, -0.2) is 28.8 Å². The molecule has 4 nitrogen and oxygen atoms in total. The third-order valence-electron chi connectivity index (χ3n) is 3.84. The fourth-order valence-corrected chi connectivity index (χ4v) is 2.77. The van der Waals surface area contributed by atoms with Gasteiger partial charge >= 0.3 is 0 Å². The van der Waals surface area contributed by atoms with E-state index >= 15 is 0 Å². The Kier molecular flexibility index (Phi) is 4.65. The molecule has 110 valence electrons. The van der Waals surface area contributed by atoms with Crippen molar-refractivity contribution in [1.29, 1.82) is 0 Å². The minimum Gasteiger partial charge on any atom is -0.411 e. The van der Waals surface area contributed by atoms with Crippen molar-refractivity contribution in [3.05, 3.63) is 29.3 Å². The van der Waals surface area contributed by atoms with E-state index in [1.54, 1.807) is 6.92 Å². The number of rotatable bonds is 4. The van der Waals surface area contributed by atoms with Gasteiger partial charge in [-0.2, -0.15) is 0 Å². The molecule has 0 fully saturated rings. The number of oxime groups is 1. The molecule has 0 spiro atoms. The van der Waals surface area contributed by atoms with Crippen LogP contribution in [0.5, 0.6) is 0 Å². The maximum atomic E-state index is 10.4. The summed E-state index contributed by atoms with van der Waals surface area (Å²) in [6.07, 6.45) is 2.40. The van der Waals surface area contributed by atoms with E-state index in [0.717, 1.165) is 37.1 Å². The molecule has 20 heavy (non-hydrogen) atoms. The van der Waals surface area contributed by atoms with Crippen molar-refractivity contribution < 1.29 is 10.3 Å². The van der Waals surface area contributed by atoms with Gasteiger partial charge in [0.15, 0.2) is 0 Å². The van der Waals surface area contributed by atoms with Crippen molar-refractivity contribution >= 4 is 11.4 Å². The first-order chi connectivity index (χ1) is 9.52.